The number of carboxylic acid groups (broad SMARTS) is 1. The maximum Gasteiger partial charge on any atom is 0.323 e. The monoisotopic (exact) mass is 292 g/mol. The highest BCUT2D eigenvalue weighted by Gasteiger charge is 2.18. The number of likely N-dealkylation sites (N-methyl/N-ethyl adjacent to an activating group) is 1. The Morgan fingerprint density at radius 2 is 1.62 bits per heavy atom. The van der Waals surface area contributed by atoms with Crippen LogP contribution in [0.3, 0.4) is 0 Å². The van der Waals surface area contributed by atoms with Gasteiger partial charge in [-0.25, -0.2) is 0 Å². The van der Waals surface area contributed by atoms with Crippen LogP contribution < -0.4 is 0 Å². The number of benzene rings is 1. The molecule has 1 rings (SSSR count). The highest BCUT2D eigenvalue weighted by atomic mass is 16.4. The molecule has 0 heterocycles. The van der Waals surface area contributed by atoms with Gasteiger partial charge in [-0.1, -0.05) is 6.07 Å². The van der Waals surface area contributed by atoms with Crippen LogP contribution >= 0.6 is 0 Å². The first-order valence-corrected chi connectivity index (χ1v) is 6.77. The van der Waals surface area contributed by atoms with Gasteiger partial charge < -0.3 is 14.9 Å². The second-order valence-electron chi connectivity index (χ2n) is 4.61. The zero-order chi connectivity index (χ0) is 16.0. The zero-order valence-corrected chi connectivity index (χ0v) is 12.5. The van der Waals surface area contributed by atoms with Crippen molar-refractivity contribution < 1.29 is 19.5 Å². The van der Waals surface area contributed by atoms with Gasteiger partial charge in [0.05, 0.1) is 0 Å². The third-order valence-electron chi connectivity index (χ3n) is 3.17. The Hall–Kier alpha value is -2.37. The number of carbonyl (C=O) groups excluding carboxylic acids is 2. The minimum atomic E-state index is -1.07. The molecule has 0 aromatic heterocycles. The third kappa shape index (κ3) is 4.30. The number of nitrogens with zero attached hydrogens (tertiary/aromatic N) is 2. The topological polar surface area (TPSA) is 77.9 Å². The van der Waals surface area contributed by atoms with E-state index >= 15 is 0 Å². The smallest absolute Gasteiger partial charge is 0.323 e. The summed E-state index contributed by atoms with van der Waals surface area (Å²) in [7, 11) is 1.68. The molecule has 0 saturated heterocycles. The van der Waals surface area contributed by atoms with Crippen molar-refractivity contribution in [3.05, 3.63) is 35.4 Å². The summed E-state index contributed by atoms with van der Waals surface area (Å²) in [6, 6.07) is 6.34. The van der Waals surface area contributed by atoms with E-state index in [1.807, 2.05) is 6.92 Å². The molecule has 21 heavy (non-hydrogen) atoms. The molecular weight excluding hydrogens is 272 g/mol. The molecule has 1 aromatic rings. The minimum absolute atomic E-state index is 0.173. The molecule has 0 bridgehead atoms. The van der Waals surface area contributed by atoms with Crippen LogP contribution in [0.15, 0.2) is 24.3 Å². The first kappa shape index (κ1) is 16.7. The summed E-state index contributed by atoms with van der Waals surface area (Å²) in [4.78, 5) is 37.8. The van der Waals surface area contributed by atoms with Crippen LogP contribution in [0.5, 0.6) is 0 Å². The lowest BCUT2D eigenvalue weighted by atomic mass is 10.1. The van der Waals surface area contributed by atoms with Gasteiger partial charge in [0.15, 0.2) is 0 Å². The Balaban J connectivity index is 3.01. The minimum Gasteiger partial charge on any atom is -0.480 e. The fraction of sp³-hybridized carbons (Fsp3) is 0.400. The molecule has 6 nitrogen and oxygen atoms in total. The third-order valence-corrected chi connectivity index (χ3v) is 3.17. The molecule has 0 spiro atoms. The van der Waals surface area contributed by atoms with Crippen molar-refractivity contribution in [2.75, 3.05) is 26.7 Å². The van der Waals surface area contributed by atoms with Crippen molar-refractivity contribution in [3.63, 3.8) is 0 Å². The van der Waals surface area contributed by atoms with Crippen LogP contribution in [0, 0.1) is 0 Å². The van der Waals surface area contributed by atoms with Crippen LogP contribution in [-0.2, 0) is 4.79 Å². The molecule has 1 aromatic carbocycles. The molecule has 1 N–H and O–H groups in total. The predicted octanol–water partition coefficient (Wildman–Crippen LogP) is 1.33. The molecule has 0 unspecified atom stereocenters. The summed E-state index contributed by atoms with van der Waals surface area (Å²) in [5.74, 6) is -1.63. The lowest BCUT2D eigenvalue weighted by Gasteiger charge is -2.19. The lowest BCUT2D eigenvalue weighted by molar-refractivity contribution is -0.137. The fourth-order valence-corrected chi connectivity index (χ4v) is 1.82. The average molecular weight is 292 g/mol. The number of rotatable bonds is 6. The van der Waals surface area contributed by atoms with Gasteiger partial charge in [-0.2, -0.15) is 0 Å². The summed E-state index contributed by atoms with van der Waals surface area (Å²) in [5, 5.41) is 8.80. The van der Waals surface area contributed by atoms with Crippen LogP contribution in [0.4, 0.5) is 0 Å². The van der Waals surface area contributed by atoms with E-state index in [-0.39, 0.29) is 19.0 Å². The molecular formula is C15H20N2O4. The summed E-state index contributed by atoms with van der Waals surface area (Å²) in [5.41, 5.74) is 0.727. The lowest BCUT2D eigenvalue weighted by Crippen LogP contribution is -2.35. The zero-order valence-electron chi connectivity index (χ0n) is 12.5. The number of carbonyl (C=O) groups is 3. The normalized spacial score (nSPS) is 10.0. The molecule has 0 aliphatic heterocycles. The van der Waals surface area contributed by atoms with Crippen molar-refractivity contribution in [2.24, 2.45) is 0 Å². The Kier molecular flexibility index (Phi) is 5.90. The molecule has 0 saturated carbocycles. The van der Waals surface area contributed by atoms with Gasteiger partial charge in [0, 0.05) is 31.3 Å². The van der Waals surface area contributed by atoms with Crippen LogP contribution in [-0.4, -0.2) is 59.4 Å². The second kappa shape index (κ2) is 7.42. The Labute approximate surface area is 124 Å². The molecule has 0 aliphatic carbocycles. The number of amides is 2. The molecule has 0 atom stereocenters. The quantitative estimate of drug-likeness (QED) is 0.858. The summed E-state index contributed by atoms with van der Waals surface area (Å²) >= 11 is 0. The molecule has 2 amide bonds. The SMILES string of the molecule is CCN(C)C(=O)c1cccc(C(=O)N(CC)CC(=O)O)c1. The maximum absolute atomic E-state index is 12.3. The first-order valence-electron chi connectivity index (χ1n) is 6.77. The Bertz CT molecular complexity index is 542. The molecule has 0 radical (unpaired) electrons. The maximum atomic E-state index is 12.3. The summed E-state index contributed by atoms with van der Waals surface area (Å²) in [6.45, 7) is 4.07. The highest BCUT2D eigenvalue weighted by molar-refractivity contribution is 6.00. The molecule has 114 valence electrons. The summed E-state index contributed by atoms with van der Waals surface area (Å²) < 4.78 is 0. The van der Waals surface area contributed by atoms with Gasteiger partial charge in [-0.05, 0) is 32.0 Å². The molecule has 0 fully saturated rings. The molecule has 0 aliphatic rings. The fourth-order valence-electron chi connectivity index (χ4n) is 1.82. The van der Waals surface area contributed by atoms with Crippen molar-refractivity contribution in [1.82, 2.24) is 9.80 Å². The van der Waals surface area contributed by atoms with E-state index < -0.39 is 11.9 Å². The van der Waals surface area contributed by atoms with Crippen molar-refractivity contribution in [3.8, 4) is 0 Å². The van der Waals surface area contributed by atoms with Gasteiger partial charge >= 0.3 is 5.97 Å². The largest absolute Gasteiger partial charge is 0.480 e. The van der Waals surface area contributed by atoms with E-state index in [9.17, 15) is 14.4 Å². The van der Waals surface area contributed by atoms with Crippen molar-refractivity contribution >= 4 is 17.8 Å². The van der Waals surface area contributed by atoms with Gasteiger partial charge in [0.2, 0.25) is 0 Å². The average Bonchev–Trinajstić information content (AvgIpc) is 2.50. The second-order valence-corrected chi connectivity index (χ2v) is 4.61. The molecule has 6 heteroatoms. The van der Waals surface area contributed by atoms with Gasteiger partial charge in [0.25, 0.3) is 11.8 Å². The van der Waals surface area contributed by atoms with Gasteiger partial charge in [0.1, 0.15) is 6.54 Å². The number of aliphatic carboxylic acids is 1. The van der Waals surface area contributed by atoms with Crippen molar-refractivity contribution in [1.29, 1.82) is 0 Å². The van der Waals surface area contributed by atoms with E-state index in [0.29, 0.717) is 17.7 Å². The van der Waals surface area contributed by atoms with E-state index in [1.54, 1.807) is 37.1 Å². The Morgan fingerprint density at radius 1 is 1.05 bits per heavy atom. The van der Waals surface area contributed by atoms with E-state index in [1.165, 1.54) is 11.0 Å². The van der Waals surface area contributed by atoms with E-state index in [2.05, 4.69) is 0 Å². The number of carboxylic acids is 1. The standard InChI is InChI=1S/C15H20N2O4/c1-4-16(3)14(20)11-7-6-8-12(9-11)15(21)17(5-2)10-13(18)19/h6-9H,4-5,10H2,1-3H3,(H,18,19). The van der Waals surface area contributed by atoms with Crippen molar-refractivity contribution in [2.45, 2.75) is 13.8 Å². The van der Waals surface area contributed by atoms with E-state index in [0.717, 1.165) is 0 Å². The van der Waals surface area contributed by atoms with E-state index in [4.69, 9.17) is 5.11 Å². The van der Waals surface area contributed by atoms with Crippen LogP contribution in [0.1, 0.15) is 34.6 Å². The van der Waals surface area contributed by atoms with Gasteiger partial charge in [-0.15, -0.1) is 0 Å². The Morgan fingerprint density at radius 3 is 2.10 bits per heavy atom. The number of hydrogen-bond donors (Lipinski definition) is 1. The van der Waals surface area contributed by atoms with Crippen LogP contribution in [0.2, 0.25) is 0 Å². The number of hydrogen-bond acceptors (Lipinski definition) is 3. The van der Waals surface area contributed by atoms with Crippen LogP contribution in [0.25, 0.3) is 0 Å². The first-order chi connectivity index (χ1) is 9.90. The predicted molar refractivity (Wildman–Crippen MR) is 78.3 cm³/mol. The highest BCUT2D eigenvalue weighted by Crippen LogP contribution is 2.10. The van der Waals surface area contributed by atoms with Gasteiger partial charge in [-0.3, -0.25) is 14.4 Å². The summed E-state index contributed by atoms with van der Waals surface area (Å²) in [6.07, 6.45) is 0.